The average molecular weight is 649 g/mol. The van der Waals surface area contributed by atoms with Gasteiger partial charge in [0.1, 0.15) is 16.6 Å². The van der Waals surface area contributed by atoms with Gasteiger partial charge in [-0.2, -0.15) is 4.98 Å². The number of ether oxygens (including phenoxy) is 1. The van der Waals surface area contributed by atoms with Crippen molar-refractivity contribution < 1.29 is 14.0 Å². The Morgan fingerprint density at radius 2 is 1.74 bits per heavy atom. The molecule has 0 unspecified atom stereocenters. The highest BCUT2D eigenvalue weighted by Crippen LogP contribution is 2.37. The molecular weight excluding hydrogens is 605 g/mol. The number of pyridine rings is 1. The Hall–Kier alpha value is -2.66. The number of para-hydroxylation sites is 1. The van der Waals surface area contributed by atoms with Gasteiger partial charge in [0.15, 0.2) is 14.0 Å². The summed E-state index contributed by atoms with van der Waals surface area (Å²) in [6, 6.07) is 9.27. The molecule has 9 nitrogen and oxygen atoms in total. The minimum atomic E-state index is -1.94. The Morgan fingerprint density at radius 3 is 2.37 bits per heavy atom. The van der Waals surface area contributed by atoms with E-state index < -0.39 is 19.6 Å². The molecule has 1 saturated heterocycles. The van der Waals surface area contributed by atoms with E-state index in [0.29, 0.717) is 55.2 Å². The first-order valence-electron chi connectivity index (χ1n) is 14.7. The number of nitrogens with zero attached hydrogens (tertiary/aromatic N) is 5. The highest BCUT2D eigenvalue weighted by molar-refractivity contribution is 6.74. The monoisotopic (exact) mass is 647 g/mol. The molecular formula is C31H43Cl2N5O4Si. The minimum absolute atomic E-state index is 0.0921. The molecule has 12 heteroatoms. The number of halogens is 2. The third-order valence-electron chi connectivity index (χ3n) is 8.18. The predicted octanol–water partition coefficient (Wildman–Crippen LogP) is 7.10. The third-order valence-corrected chi connectivity index (χ3v) is 13.4. The van der Waals surface area contributed by atoms with Crippen LogP contribution >= 0.6 is 23.2 Å². The second-order valence-electron chi connectivity index (χ2n) is 13.6. The fraction of sp³-hybridized carbons (Fsp3) is 0.548. The van der Waals surface area contributed by atoms with Gasteiger partial charge in [0.2, 0.25) is 0 Å². The second kappa shape index (κ2) is 12.4. The number of piperazine rings is 1. The van der Waals surface area contributed by atoms with E-state index in [1.54, 1.807) is 11.0 Å². The number of hydrogen-bond acceptors (Lipinski definition) is 7. The Bertz CT molecular complexity index is 1560. The Morgan fingerprint density at radius 1 is 1.07 bits per heavy atom. The maximum atomic E-state index is 13.8. The molecule has 1 aliphatic rings. The van der Waals surface area contributed by atoms with Gasteiger partial charge in [0.05, 0.1) is 16.1 Å². The summed E-state index contributed by atoms with van der Waals surface area (Å²) in [7, 11) is -1.94. The predicted molar refractivity (Wildman–Crippen MR) is 177 cm³/mol. The van der Waals surface area contributed by atoms with E-state index in [9.17, 15) is 9.59 Å². The fourth-order valence-electron chi connectivity index (χ4n) is 4.86. The van der Waals surface area contributed by atoms with Crippen LogP contribution in [0.3, 0.4) is 0 Å². The highest BCUT2D eigenvalue weighted by atomic mass is 35.5. The van der Waals surface area contributed by atoms with Crippen molar-refractivity contribution in [1.29, 1.82) is 0 Å². The molecule has 0 radical (unpaired) electrons. The number of carbonyl (C=O) groups excluding carboxylic acids is 1. The normalized spacial score (nSPS) is 16.6. The van der Waals surface area contributed by atoms with Crippen LogP contribution in [0.25, 0.3) is 16.7 Å². The standard InChI is InChI=1S/C31H43Cl2N5O4Si/c1-20-19-36(29(40)42-30(2,3)4)15-16-37(20)26-22-18-23(32)25(33)34-27(22)38(28(39)35-26)24-13-11-10-12-21(24)14-17-41-43(8,9)31(5,6)7/h10-13,18,20H,14-17,19H2,1-9H3/t20-/m0/s1. The SMILES string of the molecule is C[C@H]1CN(C(=O)OC(C)(C)C)CCN1c1nc(=O)n(-c2ccccc2CCO[Si](C)(C)C(C)(C)C)c2nc(Cl)c(Cl)cc12. The number of aromatic nitrogens is 3. The number of amides is 1. The van der Waals surface area contributed by atoms with Gasteiger partial charge in [-0.1, -0.05) is 62.2 Å². The van der Waals surface area contributed by atoms with Crippen molar-refractivity contribution in [1.82, 2.24) is 19.4 Å². The van der Waals surface area contributed by atoms with Crippen LogP contribution in [0.2, 0.25) is 28.3 Å². The number of anilines is 1. The molecule has 234 valence electrons. The lowest BCUT2D eigenvalue weighted by Gasteiger charge is -2.41. The molecule has 1 amide bonds. The molecule has 3 heterocycles. The lowest BCUT2D eigenvalue weighted by atomic mass is 10.1. The van der Waals surface area contributed by atoms with Crippen molar-refractivity contribution >= 4 is 54.5 Å². The molecule has 2 aromatic heterocycles. The summed E-state index contributed by atoms with van der Waals surface area (Å²) in [6.45, 7) is 20.4. The molecule has 43 heavy (non-hydrogen) atoms. The molecule has 3 aromatic rings. The van der Waals surface area contributed by atoms with Gasteiger partial charge in [0, 0.05) is 32.3 Å². The summed E-state index contributed by atoms with van der Waals surface area (Å²) < 4.78 is 13.5. The smallest absolute Gasteiger partial charge is 0.410 e. The van der Waals surface area contributed by atoms with Crippen LogP contribution < -0.4 is 10.6 Å². The van der Waals surface area contributed by atoms with Gasteiger partial charge in [-0.05, 0) is 69.9 Å². The molecule has 0 N–H and O–H groups in total. The first-order chi connectivity index (χ1) is 19.9. The molecule has 1 aliphatic heterocycles. The Kier molecular flexibility index (Phi) is 9.57. The number of hydrogen-bond donors (Lipinski definition) is 0. The van der Waals surface area contributed by atoms with Crippen LogP contribution in [0.4, 0.5) is 10.6 Å². The Labute approximate surface area is 265 Å². The van der Waals surface area contributed by atoms with Crippen molar-refractivity contribution in [2.24, 2.45) is 0 Å². The molecule has 0 bridgehead atoms. The minimum Gasteiger partial charge on any atom is -0.444 e. The van der Waals surface area contributed by atoms with Crippen molar-refractivity contribution in [3.63, 3.8) is 0 Å². The van der Waals surface area contributed by atoms with Gasteiger partial charge in [-0.25, -0.2) is 19.1 Å². The zero-order valence-corrected chi connectivity index (χ0v) is 29.1. The third kappa shape index (κ3) is 7.36. The second-order valence-corrected chi connectivity index (χ2v) is 19.2. The fourth-order valence-corrected chi connectivity index (χ4v) is 6.19. The molecule has 0 saturated carbocycles. The van der Waals surface area contributed by atoms with Crippen LogP contribution in [0.15, 0.2) is 35.1 Å². The number of fused-ring (bicyclic) bond motifs is 1. The first kappa shape index (κ1) is 33.2. The summed E-state index contributed by atoms with van der Waals surface area (Å²) >= 11 is 12.9. The van der Waals surface area contributed by atoms with Crippen LogP contribution in [0.5, 0.6) is 0 Å². The van der Waals surface area contributed by atoms with Gasteiger partial charge < -0.3 is 19.0 Å². The summed E-state index contributed by atoms with van der Waals surface area (Å²) in [5.74, 6) is 0.456. The van der Waals surface area contributed by atoms with Crippen LogP contribution in [-0.4, -0.2) is 71.7 Å². The van der Waals surface area contributed by atoms with Gasteiger partial charge >= 0.3 is 11.8 Å². The van der Waals surface area contributed by atoms with E-state index in [0.717, 1.165) is 5.56 Å². The van der Waals surface area contributed by atoms with Gasteiger partial charge in [-0.3, -0.25) is 0 Å². The summed E-state index contributed by atoms with van der Waals surface area (Å²) in [4.78, 5) is 39.4. The molecule has 0 aliphatic carbocycles. The van der Waals surface area contributed by atoms with E-state index in [4.69, 9.17) is 32.4 Å². The van der Waals surface area contributed by atoms with E-state index in [1.165, 1.54) is 4.57 Å². The van der Waals surface area contributed by atoms with Gasteiger partial charge in [0.25, 0.3) is 0 Å². The van der Waals surface area contributed by atoms with Crippen molar-refractivity contribution in [3.05, 3.63) is 56.6 Å². The van der Waals surface area contributed by atoms with Crippen LogP contribution in [-0.2, 0) is 15.6 Å². The van der Waals surface area contributed by atoms with E-state index in [2.05, 4.69) is 43.8 Å². The topological polar surface area (TPSA) is 89.8 Å². The summed E-state index contributed by atoms with van der Waals surface area (Å²) in [5.41, 5.74) is 0.904. The maximum absolute atomic E-state index is 13.8. The lowest BCUT2D eigenvalue weighted by Crippen LogP contribution is -2.55. The zero-order valence-electron chi connectivity index (χ0n) is 26.6. The van der Waals surface area contributed by atoms with Crippen molar-refractivity contribution in [2.75, 3.05) is 31.1 Å². The first-order valence-corrected chi connectivity index (χ1v) is 18.3. The van der Waals surface area contributed by atoms with E-state index >= 15 is 0 Å². The average Bonchev–Trinajstić information content (AvgIpc) is 2.88. The van der Waals surface area contributed by atoms with Crippen LogP contribution in [0.1, 0.15) is 54.0 Å². The number of benzene rings is 1. The molecule has 1 aromatic carbocycles. The quantitative estimate of drug-likeness (QED) is 0.208. The summed E-state index contributed by atoms with van der Waals surface area (Å²) in [6.07, 6.45) is 0.251. The molecule has 4 rings (SSSR count). The van der Waals surface area contributed by atoms with Crippen LogP contribution in [0, 0.1) is 0 Å². The molecule has 1 atom stereocenters. The maximum Gasteiger partial charge on any atom is 0.410 e. The van der Waals surface area contributed by atoms with Crippen molar-refractivity contribution in [2.45, 2.75) is 84.7 Å². The number of carbonyl (C=O) groups is 1. The van der Waals surface area contributed by atoms with E-state index in [1.807, 2.05) is 56.9 Å². The van der Waals surface area contributed by atoms with E-state index in [-0.39, 0.29) is 27.3 Å². The highest BCUT2D eigenvalue weighted by Gasteiger charge is 2.37. The summed E-state index contributed by atoms with van der Waals surface area (Å²) in [5, 5.41) is 1.05. The zero-order chi connectivity index (χ0) is 31.9. The molecule has 0 spiro atoms. The van der Waals surface area contributed by atoms with Crippen molar-refractivity contribution in [3.8, 4) is 5.69 Å². The Balaban J connectivity index is 1.72. The molecule has 1 fully saturated rings. The van der Waals surface area contributed by atoms with Gasteiger partial charge in [-0.15, -0.1) is 0 Å². The lowest BCUT2D eigenvalue weighted by molar-refractivity contribution is 0.0218. The largest absolute Gasteiger partial charge is 0.444 e. The number of rotatable bonds is 6.